The average Bonchev–Trinajstić information content (AvgIpc) is 0.722. The molecule has 0 aromatic rings. The van der Waals surface area contributed by atoms with Gasteiger partial charge in [-0.1, -0.05) is 0 Å². The third-order valence-corrected chi connectivity index (χ3v) is 0. The molecular weight excluding hydrogens is 188 g/mol. The normalized spacial score (nSPS) is 7.25. The number of hydrogen-bond acceptors (Lipinski definition) is 4. The van der Waals surface area contributed by atoms with Crippen molar-refractivity contribution in [3.8, 4) is 0 Å². The van der Waals surface area contributed by atoms with Gasteiger partial charge in [-0.2, -0.15) is 0 Å². The van der Waals surface area contributed by atoms with Gasteiger partial charge in [0.15, 0.2) is 0 Å². The van der Waals surface area contributed by atoms with E-state index in [4.69, 9.17) is 17.5 Å². The van der Waals surface area contributed by atoms with Crippen LogP contribution >= 0.6 is 12.4 Å². The first-order valence-electron chi connectivity index (χ1n) is 0.667. The van der Waals surface area contributed by atoms with Gasteiger partial charge in [-0.3, -0.25) is 8.42 Å². The molecule has 0 atom stereocenters. The van der Waals surface area contributed by atoms with Crippen molar-refractivity contribution in [2.45, 2.75) is 0 Å². The van der Waals surface area contributed by atoms with Crippen LogP contribution < -0.4 is 0 Å². The van der Waals surface area contributed by atoms with Gasteiger partial charge in [0, 0.05) is 10.4 Å². The van der Waals surface area contributed by atoms with Crippen LogP contribution in [0.15, 0.2) is 0 Å². The van der Waals surface area contributed by atoms with Gasteiger partial charge < -0.3 is 14.6 Å². The molecule has 2 N–H and O–H groups in total. The molecule has 0 spiro atoms. The van der Waals surface area contributed by atoms with Gasteiger partial charge in [-0.25, -0.2) is 0 Å². The van der Waals surface area contributed by atoms with E-state index in [1.165, 1.54) is 0 Å². The summed E-state index contributed by atoms with van der Waals surface area (Å²) < 4.78 is 34.1. The molecule has 0 unspecified atom stereocenters. The molecule has 0 aliphatic heterocycles. The second kappa shape index (κ2) is 8.38. The molecule has 0 rings (SSSR count). The molecule has 0 heterocycles. The quantitative estimate of drug-likeness (QED) is 0.247. The maximum atomic E-state index is 8.52. The Kier molecular flexibility index (Phi) is 23.8. The van der Waals surface area contributed by atoms with Crippen LogP contribution in [0.25, 0.3) is 0 Å². The van der Waals surface area contributed by atoms with E-state index in [2.05, 4.69) is 0 Å². The van der Waals surface area contributed by atoms with E-state index in [-0.39, 0.29) is 55.6 Å². The summed E-state index contributed by atoms with van der Waals surface area (Å²) in [6.07, 6.45) is 0. The molecule has 0 radical (unpaired) electrons. The Morgan fingerprint density at radius 2 is 1.12 bits per heavy atom. The van der Waals surface area contributed by atoms with Crippen LogP contribution in [-0.4, -0.2) is 60.7 Å². The molecule has 0 saturated carbocycles. The molecular formula is H3CaClO5S. The first-order valence-corrected chi connectivity index (χ1v) is 2.00. The first kappa shape index (κ1) is 22.8. The van der Waals surface area contributed by atoms with Crippen LogP contribution in [0.5, 0.6) is 0 Å². The van der Waals surface area contributed by atoms with Crippen molar-refractivity contribution in [3.63, 3.8) is 0 Å². The number of hydrogen-bond donors (Lipinski definition) is 0. The largest absolute Gasteiger partial charge is 2.00 e. The predicted octanol–water partition coefficient (Wildman–Crippen LogP) is -2.12. The Morgan fingerprint density at radius 1 is 1.12 bits per heavy atom. The molecule has 8 heteroatoms. The second-order valence-corrected chi connectivity index (χ2v) is 1.22. The molecule has 5 nitrogen and oxygen atoms in total. The molecule has 0 aromatic heterocycles. The molecule has 8 heavy (non-hydrogen) atoms. The van der Waals surface area contributed by atoms with Crippen molar-refractivity contribution < 1.29 is 23.0 Å². The van der Waals surface area contributed by atoms with Crippen LogP contribution in [0.2, 0.25) is 0 Å². The number of rotatable bonds is 0. The zero-order valence-electron chi connectivity index (χ0n) is 3.66. The monoisotopic (exact) mass is 190 g/mol. The van der Waals surface area contributed by atoms with Crippen molar-refractivity contribution in [1.82, 2.24) is 0 Å². The van der Waals surface area contributed by atoms with E-state index in [0.29, 0.717) is 0 Å². The Labute approximate surface area is 82.8 Å². The van der Waals surface area contributed by atoms with Crippen LogP contribution in [0.3, 0.4) is 0 Å². The fraction of sp³-hybridized carbons (Fsp3) is 0. The first-order chi connectivity index (χ1) is 2.00. The third kappa shape index (κ3) is 158. The minimum absolute atomic E-state index is 0. The minimum Gasteiger partial charge on any atom is -0.759 e. The molecule has 0 amide bonds. The van der Waals surface area contributed by atoms with Crippen LogP contribution in [0.4, 0.5) is 0 Å². The Morgan fingerprint density at radius 3 is 1.12 bits per heavy atom. The van der Waals surface area contributed by atoms with Crippen molar-refractivity contribution in [3.05, 3.63) is 0 Å². The molecule has 0 fully saturated rings. The van der Waals surface area contributed by atoms with E-state index >= 15 is 0 Å². The summed E-state index contributed by atoms with van der Waals surface area (Å²) in [5.74, 6) is 0. The molecule has 0 aromatic carbocycles. The summed E-state index contributed by atoms with van der Waals surface area (Å²) in [6, 6.07) is 0. The van der Waals surface area contributed by atoms with Gasteiger partial charge in [0.1, 0.15) is 0 Å². The van der Waals surface area contributed by atoms with Crippen molar-refractivity contribution in [2.75, 3.05) is 0 Å². The molecule has 0 aliphatic rings. The van der Waals surface area contributed by atoms with E-state index in [1.807, 2.05) is 0 Å². The summed E-state index contributed by atoms with van der Waals surface area (Å²) in [5, 5.41) is 0. The Hall–Kier alpha value is 1.38. The van der Waals surface area contributed by atoms with Crippen molar-refractivity contribution >= 4 is 60.5 Å². The fourth-order valence-electron chi connectivity index (χ4n) is 0. The zero-order valence-corrected chi connectivity index (χ0v) is 7.50. The average molecular weight is 191 g/mol. The van der Waals surface area contributed by atoms with Gasteiger partial charge in [0.25, 0.3) is 0 Å². The zero-order chi connectivity index (χ0) is 4.50. The van der Waals surface area contributed by atoms with Gasteiger partial charge in [-0.15, -0.1) is 12.4 Å². The van der Waals surface area contributed by atoms with Gasteiger partial charge in [0.2, 0.25) is 0 Å². The maximum Gasteiger partial charge on any atom is 2.00 e. The van der Waals surface area contributed by atoms with Crippen LogP contribution in [-0.2, 0) is 10.4 Å². The Bertz CT molecular complexity index is 95.6. The summed E-state index contributed by atoms with van der Waals surface area (Å²) in [4.78, 5) is 0. The van der Waals surface area contributed by atoms with E-state index < -0.39 is 10.4 Å². The summed E-state index contributed by atoms with van der Waals surface area (Å²) in [6.45, 7) is 0. The van der Waals surface area contributed by atoms with Crippen LogP contribution in [0.1, 0.15) is 0 Å². The van der Waals surface area contributed by atoms with E-state index in [9.17, 15) is 0 Å². The topological polar surface area (TPSA) is 112 Å². The minimum atomic E-state index is -5.17. The van der Waals surface area contributed by atoms with Crippen molar-refractivity contribution in [1.29, 1.82) is 0 Å². The third-order valence-electron chi connectivity index (χ3n) is 0. The molecule has 0 bridgehead atoms. The Balaban J connectivity index is -0.0000000267. The van der Waals surface area contributed by atoms with Gasteiger partial charge in [-0.05, 0) is 0 Å². The maximum absolute atomic E-state index is 8.52. The van der Waals surface area contributed by atoms with Gasteiger partial charge >= 0.3 is 37.7 Å². The predicted molar refractivity (Wildman–Crippen MR) is 27.1 cm³/mol. The second-order valence-electron chi connectivity index (χ2n) is 0.408. The fourth-order valence-corrected chi connectivity index (χ4v) is 0. The number of halogens is 1. The summed E-state index contributed by atoms with van der Waals surface area (Å²) >= 11 is 0. The van der Waals surface area contributed by atoms with Crippen LogP contribution in [0, 0.1) is 0 Å². The summed E-state index contributed by atoms with van der Waals surface area (Å²) in [7, 11) is -5.17. The van der Waals surface area contributed by atoms with E-state index in [1.54, 1.807) is 0 Å². The molecule has 48 valence electrons. The molecule has 0 saturated heterocycles. The van der Waals surface area contributed by atoms with Crippen molar-refractivity contribution in [2.24, 2.45) is 0 Å². The van der Waals surface area contributed by atoms with Gasteiger partial charge in [0.05, 0.1) is 0 Å². The smallest absolute Gasteiger partial charge is 0.759 e. The SMILES string of the molecule is Cl.O.O=S(=O)([O-])[O-].[Ca+2]. The van der Waals surface area contributed by atoms with E-state index in [0.717, 1.165) is 0 Å². The standard InChI is InChI=1S/Ca.ClH.H2O4S.H2O/c;;1-5(2,3)4;/h;1H;(H2,1,2,3,4);1H2/q+2;;;/p-2. The summed E-state index contributed by atoms with van der Waals surface area (Å²) in [5.41, 5.74) is 0. The molecule has 0 aliphatic carbocycles.